The predicted octanol–water partition coefficient (Wildman–Crippen LogP) is 3.28. The number of benzene rings is 1. The number of nitrogens with one attached hydrogen (secondary N) is 1. The summed E-state index contributed by atoms with van der Waals surface area (Å²) in [5.41, 5.74) is -5.31. The first-order valence-corrected chi connectivity index (χ1v) is 11.6. The fourth-order valence-corrected chi connectivity index (χ4v) is 4.80. The second-order valence-electron chi connectivity index (χ2n) is 7.91. The summed E-state index contributed by atoms with van der Waals surface area (Å²) in [4.78, 5) is 25.9. The Morgan fingerprint density at radius 2 is 1.60 bits per heavy atom. The number of hydrogen-bond donors (Lipinski definition) is 1. The van der Waals surface area contributed by atoms with E-state index in [-0.39, 0.29) is 30.0 Å². The van der Waals surface area contributed by atoms with Crippen LogP contribution in [0.1, 0.15) is 55.3 Å². The summed E-state index contributed by atoms with van der Waals surface area (Å²) in [5.74, 6) is -0.818. The number of nitrogens with zero attached hydrogens (tertiary/aromatic N) is 1. The van der Waals surface area contributed by atoms with Crippen LogP contribution in [0.15, 0.2) is 29.2 Å². The van der Waals surface area contributed by atoms with Gasteiger partial charge in [0.25, 0.3) is 15.7 Å². The number of carbonyl (C=O) groups is 2. The Morgan fingerprint density at radius 1 is 0.967 bits per heavy atom. The molecule has 2 amide bonds. The molecule has 1 saturated heterocycles. The predicted molar refractivity (Wildman–Crippen MR) is 103 cm³/mol. The van der Waals surface area contributed by atoms with Crippen molar-refractivity contribution in [2.24, 2.45) is 5.92 Å². The molecule has 0 bridgehead atoms. The average Bonchev–Trinajstić information content (AvgIpc) is 2.73. The van der Waals surface area contributed by atoms with Gasteiger partial charge >= 0.3 is 5.51 Å². The highest BCUT2D eigenvalue weighted by atomic mass is 32.2. The van der Waals surface area contributed by atoms with E-state index in [2.05, 4.69) is 5.32 Å². The molecule has 3 rings (SSSR count). The van der Waals surface area contributed by atoms with Crippen LogP contribution in [-0.2, 0) is 14.6 Å². The first-order valence-electron chi connectivity index (χ1n) is 10.1. The Labute approximate surface area is 173 Å². The van der Waals surface area contributed by atoms with Crippen molar-refractivity contribution in [3.8, 4) is 0 Å². The zero-order valence-electron chi connectivity index (χ0n) is 16.5. The van der Waals surface area contributed by atoms with Crippen LogP contribution in [0.4, 0.5) is 13.2 Å². The number of amides is 2. The maximum atomic E-state index is 12.7. The zero-order valence-corrected chi connectivity index (χ0v) is 17.3. The lowest BCUT2D eigenvalue weighted by Crippen LogP contribution is -2.47. The molecule has 1 aromatic carbocycles. The summed E-state index contributed by atoms with van der Waals surface area (Å²) < 4.78 is 60.9. The Hall–Kier alpha value is -2.10. The molecule has 1 saturated carbocycles. The van der Waals surface area contributed by atoms with Gasteiger partial charge in [0, 0.05) is 24.7 Å². The molecule has 0 aromatic heterocycles. The molecule has 1 aliphatic carbocycles. The second-order valence-corrected chi connectivity index (χ2v) is 9.85. The molecular formula is C20H25F3N2O4S. The number of rotatable bonds is 4. The summed E-state index contributed by atoms with van der Waals surface area (Å²) in [7, 11) is -5.46. The highest BCUT2D eigenvalue weighted by Crippen LogP contribution is 2.30. The van der Waals surface area contributed by atoms with E-state index in [1.54, 1.807) is 0 Å². The maximum Gasteiger partial charge on any atom is 0.501 e. The molecular weight excluding hydrogens is 421 g/mol. The number of alkyl halides is 3. The Kier molecular flexibility index (Phi) is 6.74. The number of likely N-dealkylation sites (tertiary alicyclic amines) is 1. The molecule has 10 heteroatoms. The molecule has 1 aromatic rings. The monoisotopic (exact) mass is 446 g/mol. The zero-order chi connectivity index (χ0) is 21.9. The van der Waals surface area contributed by atoms with Gasteiger partial charge in [-0.15, -0.1) is 0 Å². The number of hydrogen-bond acceptors (Lipinski definition) is 4. The molecule has 0 radical (unpaired) electrons. The van der Waals surface area contributed by atoms with E-state index < -0.39 is 26.1 Å². The Bertz CT molecular complexity index is 878. The topological polar surface area (TPSA) is 83.6 Å². The van der Waals surface area contributed by atoms with Crippen molar-refractivity contribution < 1.29 is 31.2 Å². The minimum absolute atomic E-state index is 0.0639. The summed E-state index contributed by atoms with van der Waals surface area (Å²) in [6.07, 6.45) is 6.63. The Morgan fingerprint density at radius 3 is 2.20 bits per heavy atom. The van der Waals surface area contributed by atoms with Crippen molar-refractivity contribution in [1.29, 1.82) is 0 Å². The van der Waals surface area contributed by atoms with Crippen LogP contribution in [0.2, 0.25) is 0 Å². The molecule has 1 unspecified atom stereocenters. The first-order chi connectivity index (χ1) is 14.1. The SMILES string of the molecule is O=C(NC1CCCCC1)C1CCCN(C(=O)c2ccc(S(=O)(=O)C(F)(F)F)cc2)C1. The minimum atomic E-state index is -5.46. The van der Waals surface area contributed by atoms with Crippen molar-refractivity contribution in [2.45, 2.75) is 61.4 Å². The van der Waals surface area contributed by atoms with Gasteiger partial charge in [0.2, 0.25) is 5.91 Å². The fraction of sp³-hybridized carbons (Fsp3) is 0.600. The van der Waals surface area contributed by atoms with E-state index in [9.17, 15) is 31.2 Å². The van der Waals surface area contributed by atoms with E-state index >= 15 is 0 Å². The summed E-state index contributed by atoms with van der Waals surface area (Å²) in [6, 6.07) is 3.90. The largest absolute Gasteiger partial charge is 0.501 e. The molecule has 30 heavy (non-hydrogen) atoms. The molecule has 2 fully saturated rings. The van der Waals surface area contributed by atoms with Gasteiger partial charge in [-0.05, 0) is 49.9 Å². The summed E-state index contributed by atoms with van der Waals surface area (Å²) in [5, 5.41) is 3.08. The van der Waals surface area contributed by atoms with Gasteiger partial charge in [-0.25, -0.2) is 8.42 Å². The normalized spacial score (nSPS) is 21.3. The number of carbonyl (C=O) groups excluding carboxylic acids is 2. The van der Waals surface area contributed by atoms with Crippen LogP contribution in [0.3, 0.4) is 0 Å². The molecule has 1 N–H and O–H groups in total. The van der Waals surface area contributed by atoms with Crippen molar-refractivity contribution in [3.63, 3.8) is 0 Å². The van der Waals surface area contributed by atoms with Gasteiger partial charge in [0.1, 0.15) is 0 Å². The third kappa shape index (κ3) is 4.96. The lowest BCUT2D eigenvalue weighted by molar-refractivity contribution is -0.127. The standard InChI is InChI=1S/C20H25F3N2O4S/c21-20(22,23)30(28,29)17-10-8-14(9-11-17)19(27)25-12-4-5-15(13-25)18(26)24-16-6-2-1-3-7-16/h8-11,15-16H,1-7,12-13H2,(H,24,26). The van der Waals surface area contributed by atoms with Crippen LogP contribution in [0.5, 0.6) is 0 Å². The summed E-state index contributed by atoms with van der Waals surface area (Å²) in [6.45, 7) is 0.675. The third-order valence-electron chi connectivity index (χ3n) is 5.75. The third-order valence-corrected chi connectivity index (χ3v) is 7.25. The van der Waals surface area contributed by atoms with E-state index in [0.29, 0.717) is 19.4 Å². The van der Waals surface area contributed by atoms with Gasteiger partial charge in [-0.3, -0.25) is 9.59 Å². The molecule has 1 atom stereocenters. The van der Waals surface area contributed by atoms with Gasteiger partial charge in [-0.1, -0.05) is 19.3 Å². The van der Waals surface area contributed by atoms with Crippen LogP contribution >= 0.6 is 0 Å². The highest BCUT2D eigenvalue weighted by molar-refractivity contribution is 7.92. The van der Waals surface area contributed by atoms with Crippen LogP contribution in [0.25, 0.3) is 0 Å². The average molecular weight is 446 g/mol. The first kappa shape index (κ1) is 22.6. The lowest BCUT2D eigenvalue weighted by atomic mass is 9.93. The molecule has 1 heterocycles. The van der Waals surface area contributed by atoms with Crippen LogP contribution in [0, 0.1) is 5.92 Å². The smallest absolute Gasteiger partial charge is 0.353 e. The Balaban J connectivity index is 1.64. The van der Waals surface area contributed by atoms with E-state index in [1.807, 2.05) is 0 Å². The van der Waals surface area contributed by atoms with E-state index in [4.69, 9.17) is 0 Å². The molecule has 1 aliphatic heterocycles. The molecule has 6 nitrogen and oxygen atoms in total. The van der Waals surface area contributed by atoms with E-state index in [1.165, 1.54) is 11.3 Å². The van der Waals surface area contributed by atoms with Crippen molar-refractivity contribution in [2.75, 3.05) is 13.1 Å². The van der Waals surface area contributed by atoms with Crippen LogP contribution < -0.4 is 5.32 Å². The van der Waals surface area contributed by atoms with Crippen molar-refractivity contribution in [1.82, 2.24) is 10.2 Å². The van der Waals surface area contributed by atoms with Gasteiger partial charge < -0.3 is 10.2 Å². The van der Waals surface area contributed by atoms with Crippen molar-refractivity contribution in [3.05, 3.63) is 29.8 Å². The number of halogens is 3. The van der Waals surface area contributed by atoms with E-state index in [0.717, 1.165) is 49.9 Å². The number of sulfone groups is 1. The summed E-state index contributed by atoms with van der Waals surface area (Å²) >= 11 is 0. The molecule has 2 aliphatic rings. The quantitative estimate of drug-likeness (QED) is 0.770. The van der Waals surface area contributed by atoms with Gasteiger partial charge in [-0.2, -0.15) is 13.2 Å². The fourth-order valence-electron chi connectivity index (χ4n) is 4.03. The molecule has 166 valence electrons. The highest BCUT2D eigenvalue weighted by Gasteiger charge is 2.46. The number of piperidine rings is 1. The minimum Gasteiger partial charge on any atom is -0.353 e. The molecule has 0 spiro atoms. The van der Waals surface area contributed by atoms with Crippen molar-refractivity contribution >= 4 is 21.7 Å². The second kappa shape index (κ2) is 8.95. The maximum absolute atomic E-state index is 12.7. The van der Waals surface area contributed by atoms with Crippen LogP contribution in [-0.4, -0.2) is 49.8 Å². The van der Waals surface area contributed by atoms with Gasteiger partial charge in [0.05, 0.1) is 10.8 Å². The lowest BCUT2D eigenvalue weighted by Gasteiger charge is -2.33. The van der Waals surface area contributed by atoms with Gasteiger partial charge in [0.15, 0.2) is 0 Å².